The molecule has 90 valence electrons. The molecule has 0 aliphatic carbocycles. The van der Waals surface area contributed by atoms with E-state index < -0.39 is 6.29 Å². The highest BCUT2D eigenvalue weighted by Gasteiger charge is 2.05. The molecule has 15 heavy (non-hydrogen) atoms. The van der Waals surface area contributed by atoms with Gasteiger partial charge in [-0.05, 0) is 13.8 Å². The third kappa shape index (κ3) is 9.57. The van der Waals surface area contributed by atoms with E-state index in [-0.39, 0.29) is 18.6 Å². The summed E-state index contributed by atoms with van der Waals surface area (Å²) in [6.45, 7) is 4.51. The van der Waals surface area contributed by atoms with E-state index in [1.54, 1.807) is 0 Å². The molecule has 0 heterocycles. The summed E-state index contributed by atoms with van der Waals surface area (Å²) in [4.78, 5) is 10.7. The Morgan fingerprint density at radius 3 is 2.67 bits per heavy atom. The second-order valence-corrected chi connectivity index (χ2v) is 3.26. The predicted molar refractivity (Wildman–Crippen MR) is 55.4 cm³/mol. The molecule has 0 rings (SSSR count). The van der Waals surface area contributed by atoms with Crippen molar-refractivity contribution in [2.24, 2.45) is 5.84 Å². The standard InChI is InChI=1S/C8H20N4O3/c1-6(2)15-8(14)4-11-5-10-3-7(13)12-9/h6,8,10-11,14H,3-5,9H2,1-2H3,(H,12,13). The first-order valence-electron chi connectivity index (χ1n) is 4.80. The molecule has 0 saturated carbocycles. The minimum absolute atomic E-state index is 0.0159. The Morgan fingerprint density at radius 1 is 1.47 bits per heavy atom. The van der Waals surface area contributed by atoms with Crippen LogP contribution in [0.1, 0.15) is 13.8 Å². The number of ether oxygens (including phenoxy) is 1. The first-order valence-corrected chi connectivity index (χ1v) is 4.80. The van der Waals surface area contributed by atoms with Crippen molar-refractivity contribution in [3.63, 3.8) is 0 Å². The van der Waals surface area contributed by atoms with Crippen molar-refractivity contribution in [2.75, 3.05) is 19.8 Å². The Balaban J connectivity index is 3.27. The van der Waals surface area contributed by atoms with Crippen LogP contribution in [-0.4, -0.2) is 43.2 Å². The summed E-state index contributed by atoms with van der Waals surface area (Å²) in [5, 5.41) is 14.9. The van der Waals surface area contributed by atoms with Gasteiger partial charge in [0.25, 0.3) is 0 Å². The molecule has 1 atom stereocenters. The molecule has 0 aliphatic rings. The lowest BCUT2D eigenvalue weighted by Crippen LogP contribution is -2.42. The lowest BCUT2D eigenvalue weighted by Gasteiger charge is -2.15. The second kappa shape index (κ2) is 8.57. The predicted octanol–water partition coefficient (Wildman–Crippen LogP) is -2.14. The number of nitrogens with two attached hydrogens (primary N) is 1. The van der Waals surface area contributed by atoms with Gasteiger partial charge in [0.2, 0.25) is 5.91 Å². The van der Waals surface area contributed by atoms with E-state index in [0.29, 0.717) is 13.2 Å². The van der Waals surface area contributed by atoms with E-state index in [9.17, 15) is 9.90 Å². The lowest BCUT2D eigenvalue weighted by atomic mass is 10.5. The molecule has 0 radical (unpaired) electrons. The van der Waals surface area contributed by atoms with Crippen molar-refractivity contribution in [2.45, 2.75) is 26.2 Å². The molecule has 0 fully saturated rings. The molecular weight excluding hydrogens is 200 g/mol. The van der Waals surface area contributed by atoms with E-state index in [1.807, 2.05) is 19.3 Å². The number of aliphatic hydroxyl groups excluding tert-OH is 1. The average molecular weight is 220 g/mol. The van der Waals surface area contributed by atoms with Gasteiger partial charge in [-0.1, -0.05) is 0 Å². The van der Waals surface area contributed by atoms with Crippen molar-refractivity contribution < 1.29 is 14.6 Å². The van der Waals surface area contributed by atoms with Gasteiger partial charge in [0.05, 0.1) is 12.6 Å². The smallest absolute Gasteiger partial charge is 0.247 e. The van der Waals surface area contributed by atoms with Crippen molar-refractivity contribution >= 4 is 5.91 Å². The summed E-state index contributed by atoms with van der Waals surface area (Å²) >= 11 is 0. The highest BCUT2D eigenvalue weighted by molar-refractivity contribution is 5.77. The quantitative estimate of drug-likeness (QED) is 0.105. The van der Waals surface area contributed by atoms with Crippen LogP contribution < -0.4 is 21.9 Å². The number of hydrazine groups is 1. The number of carbonyl (C=O) groups is 1. The van der Waals surface area contributed by atoms with Gasteiger partial charge in [0.15, 0.2) is 6.29 Å². The molecule has 0 aliphatic heterocycles. The fourth-order valence-electron chi connectivity index (χ4n) is 0.873. The number of hydrogen-bond acceptors (Lipinski definition) is 6. The maximum atomic E-state index is 10.7. The maximum Gasteiger partial charge on any atom is 0.247 e. The van der Waals surface area contributed by atoms with Crippen LogP contribution in [0, 0.1) is 0 Å². The highest BCUT2D eigenvalue weighted by atomic mass is 16.6. The largest absolute Gasteiger partial charge is 0.367 e. The van der Waals surface area contributed by atoms with E-state index in [4.69, 9.17) is 10.6 Å². The average Bonchev–Trinajstić information content (AvgIpc) is 2.15. The molecular formula is C8H20N4O3. The first kappa shape index (κ1) is 14.3. The van der Waals surface area contributed by atoms with Crippen molar-refractivity contribution in [3.05, 3.63) is 0 Å². The minimum Gasteiger partial charge on any atom is -0.367 e. The molecule has 7 nitrogen and oxygen atoms in total. The zero-order valence-corrected chi connectivity index (χ0v) is 9.12. The zero-order valence-electron chi connectivity index (χ0n) is 9.12. The van der Waals surface area contributed by atoms with Crippen molar-refractivity contribution in [1.29, 1.82) is 0 Å². The summed E-state index contributed by atoms with van der Waals surface area (Å²) in [6.07, 6.45) is -0.854. The number of hydrogen-bond donors (Lipinski definition) is 5. The second-order valence-electron chi connectivity index (χ2n) is 3.26. The van der Waals surface area contributed by atoms with Gasteiger partial charge in [-0.2, -0.15) is 0 Å². The number of aliphatic hydroxyl groups is 1. The van der Waals surface area contributed by atoms with Gasteiger partial charge < -0.3 is 9.84 Å². The van der Waals surface area contributed by atoms with Crippen LogP contribution in [0.4, 0.5) is 0 Å². The Kier molecular flexibility index (Phi) is 8.15. The van der Waals surface area contributed by atoms with Gasteiger partial charge in [-0.3, -0.25) is 20.9 Å². The van der Waals surface area contributed by atoms with Crippen LogP contribution in [0.3, 0.4) is 0 Å². The summed E-state index contributed by atoms with van der Waals surface area (Å²) in [5.41, 5.74) is 1.99. The molecule has 0 bridgehead atoms. The summed E-state index contributed by atoms with van der Waals surface area (Å²) in [6, 6.07) is 0. The minimum atomic E-state index is -0.838. The molecule has 0 aromatic heterocycles. The van der Waals surface area contributed by atoms with Crippen LogP contribution in [0.5, 0.6) is 0 Å². The number of rotatable bonds is 8. The van der Waals surface area contributed by atoms with Gasteiger partial charge in [0.1, 0.15) is 0 Å². The maximum absolute atomic E-state index is 10.7. The normalized spacial score (nSPS) is 12.9. The molecule has 7 heteroatoms. The Bertz CT molecular complexity index is 177. The summed E-state index contributed by atoms with van der Waals surface area (Å²) in [7, 11) is 0. The number of nitrogens with one attached hydrogen (secondary N) is 3. The molecule has 0 aromatic rings. The molecule has 0 aromatic carbocycles. The molecule has 1 amide bonds. The lowest BCUT2D eigenvalue weighted by molar-refractivity contribution is -0.122. The Labute approximate surface area is 89.3 Å². The fourth-order valence-corrected chi connectivity index (χ4v) is 0.873. The zero-order chi connectivity index (χ0) is 11.7. The van der Waals surface area contributed by atoms with Crippen LogP contribution in [0.15, 0.2) is 0 Å². The van der Waals surface area contributed by atoms with Crippen LogP contribution in [0.2, 0.25) is 0 Å². The summed E-state index contributed by atoms with van der Waals surface area (Å²) in [5.74, 6) is 4.57. The topological polar surface area (TPSA) is 109 Å². The highest BCUT2D eigenvalue weighted by Crippen LogP contribution is 1.92. The van der Waals surface area contributed by atoms with Gasteiger partial charge in [-0.25, -0.2) is 5.84 Å². The van der Waals surface area contributed by atoms with E-state index in [2.05, 4.69) is 10.6 Å². The molecule has 0 saturated heterocycles. The first-order chi connectivity index (χ1) is 7.06. The van der Waals surface area contributed by atoms with Gasteiger partial charge >= 0.3 is 0 Å². The monoisotopic (exact) mass is 220 g/mol. The number of amides is 1. The Hall–Kier alpha value is -0.730. The van der Waals surface area contributed by atoms with Crippen molar-refractivity contribution in [3.8, 4) is 0 Å². The molecule has 6 N–H and O–H groups in total. The van der Waals surface area contributed by atoms with E-state index in [1.165, 1.54) is 0 Å². The van der Waals surface area contributed by atoms with Gasteiger partial charge in [0, 0.05) is 13.2 Å². The third-order valence-corrected chi connectivity index (χ3v) is 1.44. The SMILES string of the molecule is CC(C)OC(O)CNCNCC(=O)NN. The molecule has 1 unspecified atom stereocenters. The van der Waals surface area contributed by atoms with Crippen molar-refractivity contribution in [1.82, 2.24) is 16.1 Å². The van der Waals surface area contributed by atoms with E-state index in [0.717, 1.165) is 0 Å². The molecule has 0 spiro atoms. The van der Waals surface area contributed by atoms with Crippen LogP contribution in [-0.2, 0) is 9.53 Å². The fraction of sp³-hybridized carbons (Fsp3) is 0.875. The van der Waals surface area contributed by atoms with Crippen LogP contribution in [0.25, 0.3) is 0 Å². The van der Waals surface area contributed by atoms with Gasteiger partial charge in [-0.15, -0.1) is 0 Å². The summed E-state index contributed by atoms with van der Waals surface area (Å²) < 4.78 is 5.06. The van der Waals surface area contributed by atoms with Crippen LogP contribution >= 0.6 is 0 Å². The number of carbonyl (C=O) groups excluding carboxylic acids is 1. The third-order valence-electron chi connectivity index (χ3n) is 1.44. The van der Waals surface area contributed by atoms with E-state index >= 15 is 0 Å². The Morgan fingerprint density at radius 2 is 2.13 bits per heavy atom.